The zero-order valence-corrected chi connectivity index (χ0v) is 11.6. The molecular formula is C12H10ClFN2O3S. The second kappa shape index (κ2) is 5.74. The molecule has 0 unspecified atom stereocenters. The van der Waals surface area contributed by atoms with Crippen LogP contribution in [0.25, 0.3) is 0 Å². The molecular weight excluding hydrogens is 307 g/mol. The van der Waals surface area contributed by atoms with Gasteiger partial charge in [-0.25, -0.2) is 17.5 Å². The number of hydrogen-bond donors (Lipinski definition) is 2. The third-order valence-electron chi connectivity index (χ3n) is 2.52. The molecule has 1 heterocycles. The number of aromatic nitrogens is 1. The maximum absolute atomic E-state index is 12.7. The number of rotatable bonds is 4. The molecule has 2 rings (SSSR count). The van der Waals surface area contributed by atoms with Crippen molar-refractivity contribution in [3.05, 3.63) is 63.3 Å². The Bertz CT molecular complexity index is 772. The van der Waals surface area contributed by atoms with E-state index in [1.54, 1.807) is 0 Å². The molecule has 20 heavy (non-hydrogen) atoms. The minimum Gasteiger partial charge on any atom is -0.326 e. The van der Waals surface area contributed by atoms with Crippen LogP contribution < -0.4 is 10.3 Å². The molecule has 5 nitrogen and oxygen atoms in total. The van der Waals surface area contributed by atoms with Gasteiger partial charge < -0.3 is 4.98 Å². The lowest BCUT2D eigenvalue weighted by Gasteiger charge is -2.07. The second-order valence-electron chi connectivity index (χ2n) is 3.96. The smallest absolute Gasteiger partial charge is 0.266 e. The average Bonchev–Trinajstić information content (AvgIpc) is 2.41. The van der Waals surface area contributed by atoms with Gasteiger partial charge in [0.15, 0.2) is 0 Å². The Kier molecular flexibility index (Phi) is 4.22. The summed E-state index contributed by atoms with van der Waals surface area (Å²) in [6.07, 6.45) is 1.06. The molecule has 0 aliphatic carbocycles. The highest BCUT2D eigenvalue weighted by atomic mass is 35.5. The molecule has 2 aromatic rings. The van der Waals surface area contributed by atoms with Crippen molar-refractivity contribution in [1.29, 1.82) is 0 Å². The Morgan fingerprint density at radius 1 is 1.25 bits per heavy atom. The molecule has 1 aromatic heterocycles. The Hall–Kier alpha value is -1.70. The summed E-state index contributed by atoms with van der Waals surface area (Å²) in [6.45, 7) is -0.000636. The van der Waals surface area contributed by atoms with Crippen LogP contribution in [-0.4, -0.2) is 13.4 Å². The summed E-state index contributed by atoms with van der Waals surface area (Å²) in [4.78, 5) is 13.1. The first-order chi connectivity index (χ1) is 9.38. The Morgan fingerprint density at radius 3 is 2.50 bits per heavy atom. The first-order valence-electron chi connectivity index (χ1n) is 5.51. The van der Waals surface area contributed by atoms with Gasteiger partial charge in [0.05, 0.1) is 4.90 Å². The van der Waals surface area contributed by atoms with Crippen LogP contribution >= 0.6 is 11.6 Å². The largest absolute Gasteiger partial charge is 0.326 e. The SMILES string of the molecule is O=c1[nH]cc(S(=O)(=O)NCc2ccc(F)cc2)cc1Cl. The predicted octanol–water partition coefficient (Wildman–Crippen LogP) is 1.65. The van der Waals surface area contributed by atoms with Crippen molar-refractivity contribution in [2.75, 3.05) is 0 Å². The summed E-state index contributed by atoms with van der Waals surface area (Å²) < 4.78 is 39.0. The van der Waals surface area contributed by atoms with E-state index in [1.165, 1.54) is 24.3 Å². The third kappa shape index (κ3) is 3.44. The molecule has 0 saturated heterocycles. The van der Waals surface area contributed by atoms with Gasteiger partial charge in [0, 0.05) is 12.7 Å². The number of benzene rings is 1. The van der Waals surface area contributed by atoms with Crippen LogP contribution in [0.15, 0.2) is 46.2 Å². The third-order valence-corrected chi connectivity index (χ3v) is 4.18. The molecule has 0 bridgehead atoms. The van der Waals surface area contributed by atoms with E-state index in [0.29, 0.717) is 5.56 Å². The van der Waals surface area contributed by atoms with Crippen molar-refractivity contribution in [3.8, 4) is 0 Å². The highest BCUT2D eigenvalue weighted by Gasteiger charge is 2.15. The molecule has 0 aliphatic heterocycles. The monoisotopic (exact) mass is 316 g/mol. The maximum atomic E-state index is 12.7. The number of aromatic amines is 1. The van der Waals surface area contributed by atoms with Crippen LogP contribution in [0.3, 0.4) is 0 Å². The molecule has 0 aliphatic rings. The molecule has 1 aromatic carbocycles. The molecule has 0 radical (unpaired) electrons. The van der Waals surface area contributed by atoms with E-state index in [9.17, 15) is 17.6 Å². The van der Waals surface area contributed by atoms with E-state index >= 15 is 0 Å². The van der Waals surface area contributed by atoms with Crippen LogP contribution in [0.4, 0.5) is 4.39 Å². The minimum absolute atomic E-state index is 0.000636. The Labute approximate surface area is 119 Å². The zero-order valence-electron chi connectivity index (χ0n) is 10.1. The van der Waals surface area contributed by atoms with Crippen LogP contribution in [-0.2, 0) is 16.6 Å². The average molecular weight is 317 g/mol. The summed E-state index contributed by atoms with van der Waals surface area (Å²) in [7, 11) is -3.81. The zero-order chi connectivity index (χ0) is 14.8. The van der Waals surface area contributed by atoms with E-state index in [0.717, 1.165) is 12.3 Å². The number of nitrogens with one attached hydrogen (secondary N) is 2. The summed E-state index contributed by atoms with van der Waals surface area (Å²) in [5.74, 6) is -0.399. The molecule has 0 spiro atoms. The number of H-pyrrole nitrogens is 1. The van der Waals surface area contributed by atoms with E-state index in [4.69, 9.17) is 11.6 Å². The van der Waals surface area contributed by atoms with Gasteiger partial charge in [-0.15, -0.1) is 0 Å². The predicted molar refractivity (Wildman–Crippen MR) is 72.5 cm³/mol. The van der Waals surface area contributed by atoms with Crippen LogP contribution in [0, 0.1) is 5.82 Å². The van der Waals surface area contributed by atoms with Crippen LogP contribution in [0.1, 0.15) is 5.56 Å². The fourth-order valence-corrected chi connectivity index (χ4v) is 2.70. The van der Waals surface area contributed by atoms with Crippen molar-refractivity contribution in [1.82, 2.24) is 9.71 Å². The van der Waals surface area contributed by atoms with Gasteiger partial charge >= 0.3 is 0 Å². The van der Waals surface area contributed by atoms with Crippen LogP contribution in [0.5, 0.6) is 0 Å². The molecule has 0 saturated carbocycles. The lowest BCUT2D eigenvalue weighted by molar-refractivity contribution is 0.580. The van der Waals surface area contributed by atoms with Gasteiger partial charge in [-0.3, -0.25) is 4.79 Å². The standard InChI is InChI=1S/C12H10ClFN2O3S/c13-11-5-10(7-15-12(11)17)20(18,19)16-6-8-1-3-9(14)4-2-8/h1-5,7,16H,6H2,(H,15,17). The topological polar surface area (TPSA) is 79.0 Å². The van der Waals surface area contributed by atoms with E-state index in [-0.39, 0.29) is 16.5 Å². The quantitative estimate of drug-likeness (QED) is 0.900. The van der Waals surface area contributed by atoms with Gasteiger partial charge in [0.2, 0.25) is 10.0 Å². The van der Waals surface area contributed by atoms with E-state index < -0.39 is 21.4 Å². The highest BCUT2D eigenvalue weighted by molar-refractivity contribution is 7.89. The fourth-order valence-electron chi connectivity index (χ4n) is 1.46. The lowest BCUT2D eigenvalue weighted by Crippen LogP contribution is -2.24. The molecule has 0 atom stereocenters. The Morgan fingerprint density at radius 2 is 1.90 bits per heavy atom. The van der Waals surface area contributed by atoms with Crippen molar-refractivity contribution in [2.45, 2.75) is 11.4 Å². The first kappa shape index (κ1) is 14.7. The summed E-state index contributed by atoms with van der Waals surface area (Å²) in [5.41, 5.74) is 0.0367. The number of pyridine rings is 1. The van der Waals surface area contributed by atoms with Crippen molar-refractivity contribution in [2.24, 2.45) is 0 Å². The molecule has 8 heteroatoms. The lowest BCUT2D eigenvalue weighted by atomic mass is 10.2. The van der Waals surface area contributed by atoms with Gasteiger partial charge in [-0.1, -0.05) is 23.7 Å². The van der Waals surface area contributed by atoms with Gasteiger partial charge in [-0.2, -0.15) is 0 Å². The van der Waals surface area contributed by atoms with E-state index in [2.05, 4.69) is 9.71 Å². The number of halogens is 2. The van der Waals surface area contributed by atoms with E-state index in [1.807, 2.05) is 0 Å². The molecule has 106 valence electrons. The van der Waals surface area contributed by atoms with Crippen molar-refractivity contribution < 1.29 is 12.8 Å². The number of sulfonamides is 1. The first-order valence-corrected chi connectivity index (χ1v) is 7.37. The summed E-state index contributed by atoms with van der Waals surface area (Å²) in [6, 6.07) is 6.48. The van der Waals surface area contributed by atoms with Gasteiger partial charge in [0.1, 0.15) is 10.8 Å². The van der Waals surface area contributed by atoms with Crippen molar-refractivity contribution >= 4 is 21.6 Å². The molecule has 2 N–H and O–H groups in total. The fraction of sp³-hybridized carbons (Fsp3) is 0.0833. The summed E-state index contributed by atoms with van der Waals surface area (Å²) >= 11 is 5.58. The molecule has 0 amide bonds. The summed E-state index contributed by atoms with van der Waals surface area (Å²) in [5, 5.41) is -0.213. The van der Waals surface area contributed by atoms with Gasteiger partial charge in [-0.05, 0) is 23.8 Å². The Balaban J connectivity index is 2.16. The van der Waals surface area contributed by atoms with Crippen molar-refractivity contribution in [3.63, 3.8) is 0 Å². The van der Waals surface area contributed by atoms with Crippen LogP contribution in [0.2, 0.25) is 5.02 Å². The highest BCUT2D eigenvalue weighted by Crippen LogP contribution is 2.11. The minimum atomic E-state index is -3.81. The van der Waals surface area contributed by atoms with Gasteiger partial charge in [0.25, 0.3) is 5.56 Å². The maximum Gasteiger partial charge on any atom is 0.266 e. The number of hydrogen-bond acceptors (Lipinski definition) is 3. The molecule has 0 fully saturated rings. The normalized spacial score (nSPS) is 11.5. The second-order valence-corrected chi connectivity index (χ2v) is 6.14.